The molecule has 7 nitrogen and oxygen atoms in total. The van der Waals surface area contributed by atoms with E-state index in [1.165, 1.54) is 0 Å². The zero-order valence-electron chi connectivity index (χ0n) is 13.0. The van der Waals surface area contributed by atoms with E-state index < -0.39 is 28.2 Å². The fourth-order valence-corrected chi connectivity index (χ4v) is 1.86. The van der Waals surface area contributed by atoms with Crippen molar-refractivity contribution < 1.29 is 18.8 Å². The third kappa shape index (κ3) is 5.21. The molecule has 2 aromatic carbocycles. The van der Waals surface area contributed by atoms with E-state index in [4.69, 9.17) is 10.5 Å². The van der Waals surface area contributed by atoms with Crippen molar-refractivity contribution in [3.8, 4) is 11.8 Å². The Hall–Kier alpha value is -3.60. The number of benzene rings is 2. The highest BCUT2D eigenvalue weighted by molar-refractivity contribution is 5.67. The van der Waals surface area contributed by atoms with Crippen LogP contribution in [-0.4, -0.2) is 17.6 Å². The molecule has 0 aromatic heterocycles. The number of nitrogens with one attached hydrogen (secondary N) is 1. The zero-order chi connectivity index (χ0) is 18.2. The number of rotatable bonds is 4. The summed E-state index contributed by atoms with van der Waals surface area (Å²) >= 11 is 0. The smallest absolute Gasteiger partial charge is 0.408 e. The van der Waals surface area contributed by atoms with E-state index >= 15 is 0 Å². The number of hydrogen-bond donors (Lipinski definition) is 2. The first-order valence-corrected chi connectivity index (χ1v) is 7.14. The van der Waals surface area contributed by atoms with Gasteiger partial charge in [0, 0.05) is 11.6 Å². The van der Waals surface area contributed by atoms with Gasteiger partial charge in [0.2, 0.25) is 0 Å². The van der Waals surface area contributed by atoms with Crippen molar-refractivity contribution in [2.75, 3.05) is 12.3 Å². The van der Waals surface area contributed by atoms with Crippen LogP contribution >= 0.6 is 0 Å². The average molecular weight is 343 g/mol. The van der Waals surface area contributed by atoms with Crippen molar-refractivity contribution in [3.05, 3.63) is 69.5 Å². The number of hydrogen-bond acceptors (Lipinski definition) is 5. The topological polar surface area (TPSA) is 107 Å². The van der Waals surface area contributed by atoms with Crippen LogP contribution in [0, 0.1) is 27.8 Å². The first-order chi connectivity index (χ1) is 12.0. The second kappa shape index (κ2) is 8.31. The minimum Gasteiger partial charge on any atom is -0.445 e. The highest BCUT2D eigenvalue weighted by atomic mass is 19.1. The molecule has 3 N–H and O–H groups in total. The molecular formula is C17H14FN3O4. The fourth-order valence-electron chi connectivity index (χ4n) is 1.86. The summed E-state index contributed by atoms with van der Waals surface area (Å²) in [6, 6.07) is 11.2. The van der Waals surface area contributed by atoms with Crippen LogP contribution < -0.4 is 11.1 Å². The second-order valence-corrected chi connectivity index (χ2v) is 4.87. The van der Waals surface area contributed by atoms with Crippen molar-refractivity contribution in [1.82, 2.24) is 5.32 Å². The second-order valence-electron chi connectivity index (χ2n) is 4.87. The molecule has 0 fully saturated rings. The van der Waals surface area contributed by atoms with E-state index in [9.17, 15) is 19.3 Å². The van der Waals surface area contributed by atoms with Gasteiger partial charge in [-0.3, -0.25) is 10.1 Å². The minimum absolute atomic E-state index is 0.0621. The summed E-state index contributed by atoms with van der Waals surface area (Å²) in [7, 11) is 0. The van der Waals surface area contributed by atoms with Gasteiger partial charge < -0.3 is 15.8 Å². The van der Waals surface area contributed by atoms with Gasteiger partial charge in [-0.15, -0.1) is 0 Å². The normalized spacial score (nSPS) is 9.64. The number of anilines is 1. The predicted octanol–water partition coefficient (Wildman–Crippen LogP) is 2.59. The molecular weight excluding hydrogens is 329 g/mol. The van der Waals surface area contributed by atoms with Crippen LogP contribution in [0.25, 0.3) is 0 Å². The summed E-state index contributed by atoms with van der Waals surface area (Å²) < 4.78 is 18.5. The Morgan fingerprint density at radius 1 is 1.32 bits per heavy atom. The van der Waals surface area contributed by atoms with E-state index in [0.29, 0.717) is 0 Å². The van der Waals surface area contributed by atoms with Crippen molar-refractivity contribution in [1.29, 1.82) is 0 Å². The molecule has 0 atom stereocenters. The lowest BCUT2D eigenvalue weighted by Gasteiger charge is -2.04. The van der Waals surface area contributed by atoms with Crippen molar-refractivity contribution in [2.24, 2.45) is 0 Å². The Balaban J connectivity index is 1.88. The van der Waals surface area contributed by atoms with Gasteiger partial charge in [-0.2, -0.15) is 0 Å². The van der Waals surface area contributed by atoms with Gasteiger partial charge in [0.25, 0.3) is 5.69 Å². The number of alkyl carbamates (subject to hydrolysis) is 1. The molecule has 0 aliphatic rings. The summed E-state index contributed by atoms with van der Waals surface area (Å²) in [4.78, 5) is 21.5. The number of nitrogens with zero attached hydrogens (tertiary/aromatic N) is 1. The highest BCUT2D eigenvalue weighted by Gasteiger charge is 2.16. The maximum atomic E-state index is 13.5. The molecule has 0 heterocycles. The molecule has 1 amide bonds. The number of halogens is 1. The minimum atomic E-state index is -0.922. The summed E-state index contributed by atoms with van der Waals surface area (Å²) in [6.07, 6.45) is -0.660. The molecule has 0 saturated heterocycles. The largest absolute Gasteiger partial charge is 0.445 e. The van der Waals surface area contributed by atoms with E-state index in [-0.39, 0.29) is 18.7 Å². The highest BCUT2D eigenvalue weighted by Crippen LogP contribution is 2.25. The van der Waals surface area contributed by atoms with Gasteiger partial charge >= 0.3 is 6.09 Å². The van der Waals surface area contributed by atoms with Gasteiger partial charge in [-0.1, -0.05) is 42.2 Å². The van der Waals surface area contributed by atoms with E-state index in [1.54, 1.807) is 0 Å². The average Bonchev–Trinajstić information content (AvgIpc) is 2.60. The molecule has 0 aliphatic heterocycles. The lowest BCUT2D eigenvalue weighted by atomic mass is 10.1. The maximum Gasteiger partial charge on any atom is 0.408 e. The Bertz CT molecular complexity index is 844. The number of carbonyl (C=O) groups excluding carboxylic acids is 1. The zero-order valence-corrected chi connectivity index (χ0v) is 13.0. The van der Waals surface area contributed by atoms with Crippen molar-refractivity contribution in [3.63, 3.8) is 0 Å². The molecule has 0 unspecified atom stereocenters. The summed E-state index contributed by atoms with van der Waals surface area (Å²) in [5.41, 5.74) is 5.11. The molecule has 0 radical (unpaired) electrons. The quantitative estimate of drug-likeness (QED) is 0.384. The molecule has 0 aliphatic carbocycles. The third-order valence-electron chi connectivity index (χ3n) is 3.07. The van der Waals surface area contributed by atoms with Gasteiger partial charge in [-0.05, 0) is 11.6 Å². The predicted molar refractivity (Wildman–Crippen MR) is 89.0 cm³/mol. The first-order valence-electron chi connectivity index (χ1n) is 7.14. The Morgan fingerprint density at radius 2 is 2.04 bits per heavy atom. The van der Waals surface area contributed by atoms with Crippen LogP contribution in [-0.2, 0) is 11.3 Å². The number of nitrogen functional groups attached to an aromatic ring is 1. The lowest BCUT2D eigenvalue weighted by Crippen LogP contribution is -2.24. The Kier molecular flexibility index (Phi) is 5.90. The van der Waals surface area contributed by atoms with Crippen LogP contribution in [0.2, 0.25) is 0 Å². The molecule has 0 saturated carbocycles. The van der Waals surface area contributed by atoms with Crippen molar-refractivity contribution >= 4 is 17.5 Å². The van der Waals surface area contributed by atoms with Crippen LogP contribution in [0.15, 0.2) is 42.5 Å². The summed E-state index contributed by atoms with van der Waals surface area (Å²) in [6.45, 7) is 0.0584. The molecule has 0 spiro atoms. The molecule has 25 heavy (non-hydrogen) atoms. The van der Waals surface area contributed by atoms with Crippen LogP contribution in [0.4, 0.5) is 20.6 Å². The maximum absolute atomic E-state index is 13.5. The number of nitro benzene ring substituents is 1. The van der Waals surface area contributed by atoms with Crippen LogP contribution in [0.5, 0.6) is 0 Å². The molecule has 8 heteroatoms. The van der Waals surface area contributed by atoms with Gasteiger partial charge in [0.1, 0.15) is 12.3 Å². The monoisotopic (exact) mass is 343 g/mol. The van der Waals surface area contributed by atoms with E-state index in [0.717, 1.165) is 17.7 Å². The van der Waals surface area contributed by atoms with Crippen LogP contribution in [0.3, 0.4) is 0 Å². The number of ether oxygens (including phenoxy) is 1. The molecule has 128 valence electrons. The van der Waals surface area contributed by atoms with Crippen molar-refractivity contribution in [2.45, 2.75) is 6.61 Å². The summed E-state index contributed by atoms with van der Waals surface area (Å²) in [5.74, 6) is 4.15. The Labute approximate surface area is 142 Å². The van der Waals surface area contributed by atoms with E-state index in [2.05, 4.69) is 17.2 Å². The van der Waals surface area contributed by atoms with Crippen LogP contribution in [0.1, 0.15) is 11.1 Å². The number of amides is 1. The number of nitro groups is 1. The number of carbonyl (C=O) groups is 1. The summed E-state index contributed by atoms with van der Waals surface area (Å²) in [5, 5.41) is 13.2. The Morgan fingerprint density at radius 3 is 2.72 bits per heavy atom. The third-order valence-corrected chi connectivity index (χ3v) is 3.07. The molecule has 2 aromatic rings. The first kappa shape index (κ1) is 17.7. The standard InChI is InChI=1S/C17H14FN3O4/c18-14-9-13(10-15(16(14)19)21(23)24)7-4-8-20-17(22)25-11-12-5-2-1-3-6-12/h1-3,5-6,9-10H,8,11,19H2,(H,20,22). The van der Waals surface area contributed by atoms with Gasteiger partial charge in [0.15, 0.2) is 5.82 Å². The van der Waals surface area contributed by atoms with E-state index in [1.807, 2.05) is 30.3 Å². The number of nitrogens with two attached hydrogens (primary N) is 1. The molecule has 2 rings (SSSR count). The van der Waals surface area contributed by atoms with Gasteiger partial charge in [0.05, 0.1) is 11.5 Å². The lowest BCUT2D eigenvalue weighted by molar-refractivity contribution is -0.384. The SMILES string of the molecule is Nc1c(F)cc(C#CCNC(=O)OCc2ccccc2)cc1[N+](=O)[O-]. The fraction of sp³-hybridized carbons (Fsp3) is 0.118. The van der Waals surface area contributed by atoms with Gasteiger partial charge in [-0.25, -0.2) is 9.18 Å². The molecule has 0 bridgehead atoms.